The van der Waals surface area contributed by atoms with Crippen molar-refractivity contribution in [2.75, 3.05) is 6.61 Å². The van der Waals surface area contributed by atoms with E-state index in [1.54, 1.807) is 6.08 Å². The van der Waals surface area contributed by atoms with Gasteiger partial charge in [0.25, 0.3) is 0 Å². The molecule has 0 aromatic carbocycles. The summed E-state index contributed by atoms with van der Waals surface area (Å²) < 4.78 is 0. The molecule has 0 aromatic rings. The quantitative estimate of drug-likeness (QED) is 0.0420. The standard InChI is InChI=1S/C67H109NO3/c1-3-5-7-9-11-13-15-17-19-21-23-25-27-29-31-32-33-34-35-36-37-39-41-43-45-47-49-51-53-55-57-59-61-63-67(71)68-65(64-69)66(70)62-60-58-56-54-52-50-48-46-44-42-40-38-30-28-26-24-22-20-18-16-14-12-10-8-6-4-2/h5,7,11,13,17,19,23,25,29,31,33-34,36-37,41,43-44,46-47,49,52-55,60,62,65-66,69-70H,3-4,6,8-10,12,14-16,18,20-22,24,26-28,30,32,35,38-40,42,45,48,50-51,56-59,61,63-64H2,1-2H3,(H,68,71)/b7-5-,13-11-,19-17-,25-23-,31-29-,34-33-,37-36-,43-41-,46-44+,49-47-,54-52+,55-53-,62-60+. The summed E-state index contributed by atoms with van der Waals surface area (Å²) in [6.07, 6.45) is 96.9. The van der Waals surface area contributed by atoms with Crippen LogP contribution < -0.4 is 5.32 Å². The first-order valence-electron chi connectivity index (χ1n) is 29.2. The van der Waals surface area contributed by atoms with Gasteiger partial charge in [0.1, 0.15) is 0 Å². The summed E-state index contributed by atoms with van der Waals surface area (Å²) in [5.74, 6) is -0.126. The lowest BCUT2D eigenvalue weighted by Crippen LogP contribution is -2.45. The maximum absolute atomic E-state index is 12.5. The molecule has 4 nitrogen and oxygen atoms in total. The van der Waals surface area contributed by atoms with Crippen LogP contribution in [0.25, 0.3) is 0 Å². The Morgan fingerprint density at radius 3 is 0.986 bits per heavy atom. The molecular formula is C67H109NO3. The van der Waals surface area contributed by atoms with Crippen LogP contribution in [-0.4, -0.2) is 34.9 Å². The molecule has 71 heavy (non-hydrogen) atoms. The van der Waals surface area contributed by atoms with Gasteiger partial charge in [-0.2, -0.15) is 0 Å². The molecule has 0 bridgehead atoms. The Bertz CT molecular complexity index is 1530. The van der Waals surface area contributed by atoms with Crippen molar-refractivity contribution in [1.82, 2.24) is 5.32 Å². The largest absolute Gasteiger partial charge is 0.394 e. The van der Waals surface area contributed by atoms with Crippen LogP contribution in [0.5, 0.6) is 0 Å². The number of amides is 1. The highest BCUT2D eigenvalue weighted by molar-refractivity contribution is 5.76. The summed E-state index contributed by atoms with van der Waals surface area (Å²) >= 11 is 0. The average molecular weight is 977 g/mol. The number of aliphatic hydroxyl groups excluding tert-OH is 2. The smallest absolute Gasteiger partial charge is 0.220 e. The molecule has 0 spiro atoms. The molecule has 1 amide bonds. The predicted octanol–water partition coefficient (Wildman–Crippen LogP) is 19.7. The molecule has 2 atom stereocenters. The topological polar surface area (TPSA) is 69.6 Å². The van der Waals surface area contributed by atoms with Gasteiger partial charge in [-0.05, 0) is 122 Å². The summed E-state index contributed by atoms with van der Waals surface area (Å²) in [4.78, 5) is 12.5. The number of hydrogen-bond acceptors (Lipinski definition) is 3. The Labute approximate surface area is 439 Å². The van der Waals surface area contributed by atoms with Crippen LogP contribution in [0.3, 0.4) is 0 Å². The molecule has 0 fully saturated rings. The lowest BCUT2D eigenvalue weighted by atomic mass is 10.0. The fourth-order valence-corrected chi connectivity index (χ4v) is 7.83. The van der Waals surface area contributed by atoms with E-state index in [1.165, 1.54) is 109 Å². The molecule has 3 N–H and O–H groups in total. The summed E-state index contributed by atoms with van der Waals surface area (Å²) in [5.41, 5.74) is 0. The van der Waals surface area contributed by atoms with Crippen molar-refractivity contribution in [2.24, 2.45) is 0 Å². The number of allylic oxidation sites excluding steroid dienone is 25. The second kappa shape index (κ2) is 60.3. The van der Waals surface area contributed by atoms with Crippen LogP contribution in [0.4, 0.5) is 0 Å². The third-order valence-electron chi connectivity index (χ3n) is 12.2. The lowest BCUT2D eigenvalue weighted by Gasteiger charge is -2.19. The average Bonchev–Trinajstić information content (AvgIpc) is 3.37. The molecule has 0 saturated heterocycles. The highest BCUT2D eigenvalue weighted by Crippen LogP contribution is 2.15. The molecule has 0 aliphatic rings. The van der Waals surface area contributed by atoms with E-state index < -0.39 is 12.1 Å². The molecule has 2 unspecified atom stereocenters. The Hall–Kier alpha value is -3.99. The molecule has 0 heterocycles. The third-order valence-corrected chi connectivity index (χ3v) is 12.2. The summed E-state index contributed by atoms with van der Waals surface area (Å²) in [6, 6.07) is -0.683. The minimum Gasteiger partial charge on any atom is -0.394 e. The number of hydrogen-bond donors (Lipinski definition) is 3. The van der Waals surface area contributed by atoms with Crippen LogP contribution in [0.2, 0.25) is 0 Å². The van der Waals surface area contributed by atoms with Crippen LogP contribution in [0.1, 0.15) is 239 Å². The fourth-order valence-electron chi connectivity index (χ4n) is 7.83. The first kappa shape index (κ1) is 67.0. The van der Waals surface area contributed by atoms with Crippen molar-refractivity contribution >= 4 is 5.91 Å². The van der Waals surface area contributed by atoms with Gasteiger partial charge in [-0.15, -0.1) is 0 Å². The maximum atomic E-state index is 12.5. The van der Waals surface area contributed by atoms with E-state index >= 15 is 0 Å². The van der Waals surface area contributed by atoms with Gasteiger partial charge in [0.05, 0.1) is 18.8 Å². The number of aliphatic hydroxyl groups is 2. The summed E-state index contributed by atoms with van der Waals surface area (Å²) in [6.45, 7) is 4.16. The predicted molar refractivity (Wildman–Crippen MR) is 317 cm³/mol. The van der Waals surface area contributed by atoms with E-state index in [-0.39, 0.29) is 12.5 Å². The van der Waals surface area contributed by atoms with E-state index in [9.17, 15) is 15.0 Å². The van der Waals surface area contributed by atoms with Gasteiger partial charge in [-0.25, -0.2) is 0 Å². The maximum Gasteiger partial charge on any atom is 0.220 e. The third kappa shape index (κ3) is 56.8. The van der Waals surface area contributed by atoms with Gasteiger partial charge in [-0.3, -0.25) is 4.79 Å². The zero-order valence-corrected chi connectivity index (χ0v) is 45.9. The van der Waals surface area contributed by atoms with Crippen molar-refractivity contribution < 1.29 is 15.0 Å². The molecule has 0 aliphatic heterocycles. The van der Waals surface area contributed by atoms with Gasteiger partial charge < -0.3 is 15.5 Å². The second-order valence-corrected chi connectivity index (χ2v) is 19.0. The molecule has 0 rings (SSSR count). The molecular weight excluding hydrogens is 867 g/mol. The van der Waals surface area contributed by atoms with Crippen LogP contribution >= 0.6 is 0 Å². The molecule has 0 aliphatic carbocycles. The number of rotatable bonds is 51. The highest BCUT2D eigenvalue weighted by Gasteiger charge is 2.17. The monoisotopic (exact) mass is 976 g/mol. The Morgan fingerprint density at radius 1 is 0.352 bits per heavy atom. The first-order chi connectivity index (χ1) is 35.2. The Kier molecular flexibility index (Phi) is 56.9. The van der Waals surface area contributed by atoms with Crippen molar-refractivity contribution in [3.63, 3.8) is 0 Å². The molecule has 0 saturated carbocycles. The summed E-state index contributed by atoms with van der Waals surface area (Å²) in [7, 11) is 0. The summed E-state index contributed by atoms with van der Waals surface area (Å²) in [5, 5.41) is 23.1. The zero-order valence-electron chi connectivity index (χ0n) is 45.9. The van der Waals surface area contributed by atoms with Crippen molar-refractivity contribution in [1.29, 1.82) is 0 Å². The number of carbonyl (C=O) groups is 1. The normalized spacial score (nSPS) is 14.0. The SMILES string of the molecule is CC/C=C\C/C=C\C/C=C\C/C=C\C/C=C\C/C=C\C/C=C\C/C=C\C/C=C\C/C=C\CCCCC(=O)NC(CO)C(O)/C=C/CC/C=C/CC/C=C/CCCCCCCCCCCCCCCCCC. The molecule has 0 radical (unpaired) electrons. The van der Waals surface area contributed by atoms with Gasteiger partial charge in [0, 0.05) is 6.42 Å². The number of carbonyl (C=O) groups excluding carboxylic acids is 1. The van der Waals surface area contributed by atoms with E-state index in [0.717, 1.165) is 109 Å². The van der Waals surface area contributed by atoms with E-state index in [4.69, 9.17) is 0 Å². The van der Waals surface area contributed by atoms with E-state index in [2.05, 4.69) is 165 Å². The Balaban J connectivity index is 3.75. The van der Waals surface area contributed by atoms with Crippen molar-refractivity contribution in [2.45, 2.75) is 251 Å². The van der Waals surface area contributed by atoms with Crippen LogP contribution in [0.15, 0.2) is 158 Å². The Morgan fingerprint density at radius 2 is 0.634 bits per heavy atom. The highest BCUT2D eigenvalue weighted by atomic mass is 16.3. The van der Waals surface area contributed by atoms with Gasteiger partial charge >= 0.3 is 0 Å². The molecule has 400 valence electrons. The molecule has 0 aromatic heterocycles. The van der Waals surface area contributed by atoms with Crippen LogP contribution in [0, 0.1) is 0 Å². The minimum atomic E-state index is -0.902. The fraction of sp³-hybridized carbons (Fsp3) is 0.597. The first-order valence-corrected chi connectivity index (χ1v) is 29.2. The molecule has 4 heteroatoms. The van der Waals surface area contributed by atoms with Gasteiger partial charge in [0.2, 0.25) is 5.91 Å². The van der Waals surface area contributed by atoms with Gasteiger partial charge in [-0.1, -0.05) is 268 Å². The second-order valence-electron chi connectivity index (χ2n) is 19.0. The minimum absolute atomic E-state index is 0.126. The van der Waals surface area contributed by atoms with Crippen LogP contribution in [-0.2, 0) is 4.79 Å². The number of unbranched alkanes of at least 4 members (excludes halogenated alkanes) is 20. The van der Waals surface area contributed by atoms with Crippen molar-refractivity contribution in [3.05, 3.63) is 158 Å². The lowest BCUT2D eigenvalue weighted by molar-refractivity contribution is -0.123. The number of nitrogens with one attached hydrogen (secondary N) is 1. The van der Waals surface area contributed by atoms with Crippen molar-refractivity contribution in [3.8, 4) is 0 Å². The zero-order chi connectivity index (χ0) is 51.3. The van der Waals surface area contributed by atoms with E-state index in [1.807, 2.05) is 6.08 Å². The van der Waals surface area contributed by atoms with Gasteiger partial charge in [0.15, 0.2) is 0 Å². The van der Waals surface area contributed by atoms with E-state index in [0.29, 0.717) is 6.42 Å².